The highest BCUT2D eigenvalue weighted by Crippen LogP contribution is 2.18. The first-order valence-corrected chi connectivity index (χ1v) is 5.71. The molecule has 0 bridgehead atoms. The molecule has 1 N–H and O–H groups in total. The Balaban J connectivity index is 2.38. The summed E-state index contributed by atoms with van der Waals surface area (Å²) in [7, 11) is 1.58. The predicted octanol–water partition coefficient (Wildman–Crippen LogP) is 2.72. The summed E-state index contributed by atoms with van der Waals surface area (Å²) in [5.74, 6) is -0.277. The van der Waals surface area contributed by atoms with E-state index >= 15 is 0 Å². The van der Waals surface area contributed by atoms with E-state index in [0.717, 1.165) is 11.3 Å². The molecule has 0 saturated heterocycles. The lowest BCUT2D eigenvalue weighted by Crippen LogP contribution is -2.01. The van der Waals surface area contributed by atoms with Crippen LogP contribution in [0.5, 0.6) is 5.75 Å². The first-order valence-electron chi connectivity index (χ1n) is 5.71. The topological polar surface area (TPSA) is 59.4 Å². The summed E-state index contributed by atoms with van der Waals surface area (Å²) in [4.78, 5) is 15.4. The molecule has 0 spiro atoms. The van der Waals surface area contributed by atoms with Gasteiger partial charge in [0.1, 0.15) is 5.75 Å². The lowest BCUT2D eigenvalue weighted by atomic mass is 10.1. The van der Waals surface area contributed by atoms with Crippen molar-refractivity contribution >= 4 is 17.6 Å². The summed E-state index contributed by atoms with van der Waals surface area (Å²) in [6, 6.07) is 12.3. The third-order valence-electron chi connectivity index (χ3n) is 2.60. The number of hydrogen-bond acceptors (Lipinski definition) is 3. The zero-order valence-corrected chi connectivity index (χ0v) is 10.4. The Morgan fingerprint density at radius 3 is 2.47 bits per heavy atom. The van der Waals surface area contributed by atoms with Gasteiger partial charge in [0, 0.05) is 6.20 Å². The van der Waals surface area contributed by atoms with Crippen molar-refractivity contribution in [3.05, 3.63) is 59.9 Å². The Labute approximate surface area is 111 Å². The van der Waals surface area contributed by atoms with Gasteiger partial charge in [0.05, 0.1) is 18.4 Å². The highest BCUT2D eigenvalue weighted by Gasteiger charge is 2.11. The standard InChI is InChI=1S/C15H13NO3/c1-19-12-7-5-11(6-8-12)10-13(15(17)18)14-4-2-3-9-16-14/h2-10H,1H3,(H,17,18)/b13-10+. The van der Waals surface area contributed by atoms with Crippen molar-refractivity contribution in [3.8, 4) is 5.75 Å². The molecule has 0 amide bonds. The average Bonchev–Trinajstić information content (AvgIpc) is 2.46. The third-order valence-corrected chi connectivity index (χ3v) is 2.60. The summed E-state index contributed by atoms with van der Waals surface area (Å²) in [6.45, 7) is 0. The smallest absolute Gasteiger partial charge is 0.337 e. The molecule has 0 radical (unpaired) electrons. The largest absolute Gasteiger partial charge is 0.497 e. The van der Waals surface area contributed by atoms with Crippen LogP contribution in [0.4, 0.5) is 0 Å². The number of aliphatic carboxylic acids is 1. The van der Waals surface area contributed by atoms with Gasteiger partial charge >= 0.3 is 5.97 Å². The molecule has 2 aromatic rings. The van der Waals surface area contributed by atoms with E-state index in [4.69, 9.17) is 4.74 Å². The van der Waals surface area contributed by atoms with Crippen LogP contribution in [0.1, 0.15) is 11.3 Å². The molecular formula is C15H13NO3. The van der Waals surface area contributed by atoms with Crippen molar-refractivity contribution < 1.29 is 14.6 Å². The number of benzene rings is 1. The fourth-order valence-corrected chi connectivity index (χ4v) is 1.63. The Morgan fingerprint density at radius 1 is 1.21 bits per heavy atom. The summed E-state index contributed by atoms with van der Waals surface area (Å²) in [6.07, 6.45) is 3.16. The van der Waals surface area contributed by atoms with Gasteiger partial charge in [-0.05, 0) is 35.9 Å². The predicted molar refractivity (Wildman–Crippen MR) is 72.7 cm³/mol. The van der Waals surface area contributed by atoms with E-state index in [2.05, 4.69) is 4.98 Å². The van der Waals surface area contributed by atoms with Gasteiger partial charge < -0.3 is 9.84 Å². The molecule has 0 atom stereocenters. The van der Waals surface area contributed by atoms with E-state index in [9.17, 15) is 9.90 Å². The van der Waals surface area contributed by atoms with Crippen LogP contribution in [0.3, 0.4) is 0 Å². The second-order valence-corrected chi connectivity index (χ2v) is 3.85. The number of pyridine rings is 1. The molecular weight excluding hydrogens is 242 g/mol. The van der Waals surface area contributed by atoms with Crippen molar-refractivity contribution in [1.82, 2.24) is 4.98 Å². The number of carbonyl (C=O) groups is 1. The Hall–Kier alpha value is -2.62. The molecule has 0 unspecified atom stereocenters. The number of methoxy groups -OCH3 is 1. The molecule has 0 saturated carbocycles. The SMILES string of the molecule is COc1ccc(/C=C(/C(=O)O)c2ccccn2)cc1. The number of rotatable bonds is 4. The summed E-state index contributed by atoms with van der Waals surface area (Å²) in [5, 5.41) is 9.26. The first kappa shape index (κ1) is 12.8. The van der Waals surface area contributed by atoms with Gasteiger partial charge in [-0.15, -0.1) is 0 Å². The number of hydrogen-bond donors (Lipinski definition) is 1. The molecule has 0 fully saturated rings. The maximum absolute atomic E-state index is 11.3. The third kappa shape index (κ3) is 3.19. The van der Waals surface area contributed by atoms with Gasteiger partial charge in [-0.25, -0.2) is 4.79 Å². The molecule has 0 aliphatic carbocycles. The van der Waals surface area contributed by atoms with Crippen LogP contribution < -0.4 is 4.74 Å². The van der Waals surface area contributed by atoms with Crippen molar-refractivity contribution in [2.45, 2.75) is 0 Å². The highest BCUT2D eigenvalue weighted by atomic mass is 16.5. The second-order valence-electron chi connectivity index (χ2n) is 3.85. The number of aromatic nitrogens is 1. The lowest BCUT2D eigenvalue weighted by molar-refractivity contribution is -0.130. The molecule has 1 aromatic heterocycles. The van der Waals surface area contributed by atoms with Gasteiger partial charge in [-0.2, -0.15) is 0 Å². The minimum absolute atomic E-state index is 0.158. The Bertz CT molecular complexity index is 589. The van der Waals surface area contributed by atoms with E-state index in [1.165, 1.54) is 0 Å². The molecule has 1 aromatic carbocycles. The molecule has 0 aliphatic rings. The summed E-state index contributed by atoms with van der Waals surface area (Å²) >= 11 is 0. The van der Waals surface area contributed by atoms with Gasteiger partial charge in [-0.3, -0.25) is 4.98 Å². The van der Waals surface area contributed by atoms with Crippen molar-refractivity contribution in [1.29, 1.82) is 0 Å². The zero-order valence-electron chi connectivity index (χ0n) is 10.4. The summed E-state index contributed by atoms with van der Waals surface area (Å²) in [5.41, 5.74) is 1.38. The minimum Gasteiger partial charge on any atom is -0.497 e. The van der Waals surface area contributed by atoms with E-state index in [-0.39, 0.29) is 5.57 Å². The van der Waals surface area contributed by atoms with Crippen molar-refractivity contribution in [2.24, 2.45) is 0 Å². The van der Waals surface area contributed by atoms with E-state index in [1.54, 1.807) is 61.8 Å². The number of carboxylic acids is 1. The first-order chi connectivity index (χ1) is 9.20. The van der Waals surface area contributed by atoms with Gasteiger partial charge in [0.15, 0.2) is 0 Å². The van der Waals surface area contributed by atoms with E-state index < -0.39 is 5.97 Å². The molecule has 4 nitrogen and oxygen atoms in total. The van der Waals surface area contributed by atoms with E-state index in [0.29, 0.717) is 5.69 Å². The van der Waals surface area contributed by atoms with Gasteiger partial charge in [0.25, 0.3) is 0 Å². The monoisotopic (exact) mass is 255 g/mol. The second kappa shape index (κ2) is 5.82. The molecule has 96 valence electrons. The Morgan fingerprint density at radius 2 is 1.95 bits per heavy atom. The lowest BCUT2D eigenvalue weighted by Gasteiger charge is -2.03. The van der Waals surface area contributed by atoms with Crippen LogP contribution >= 0.6 is 0 Å². The number of carboxylic acid groups (broad SMARTS) is 1. The normalized spacial score (nSPS) is 11.1. The van der Waals surface area contributed by atoms with Crippen LogP contribution in [0, 0.1) is 0 Å². The van der Waals surface area contributed by atoms with Gasteiger partial charge in [0.2, 0.25) is 0 Å². The molecule has 1 heterocycles. The van der Waals surface area contributed by atoms with Crippen LogP contribution in [0.2, 0.25) is 0 Å². The van der Waals surface area contributed by atoms with Crippen LogP contribution in [0.25, 0.3) is 11.6 Å². The maximum atomic E-state index is 11.3. The average molecular weight is 255 g/mol. The quantitative estimate of drug-likeness (QED) is 0.853. The molecule has 19 heavy (non-hydrogen) atoms. The maximum Gasteiger partial charge on any atom is 0.337 e. The molecule has 2 rings (SSSR count). The highest BCUT2D eigenvalue weighted by molar-refractivity contribution is 6.20. The van der Waals surface area contributed by atoms with Crippen molar-refractivity contribution in [2.75, 3.05) is 7.11 Å². The fourth-order valence-electron chi connectivity index (χ4n) is 1.63. The van der Waals surface area contributed by atoms with Gasteiger partial charge in [-0.1, -0.05) is 18.2 Å². The van der Waals surface area contributed by atoms with E-state index in [1.807, 2.05) is 0 Å². The van der Waals surface area contributed by atoms with Crippen LogP contribution in [-0.2, 0) is 4.79 Å². The fraction of sp³-hybridized carbons (Fsp3) is 0.0667. The minimum atomic E-state index is -1.01. The number of ether oxygens (including phenoxy) is 1. The Kier molecular flexibility index (Phi) is 3.93. The van der Waals surface area contributed by atoms with Crippen LogP contribution in [0.15, 0.2) is 48.7 Å². The van der Waals surface area contributed by atoms with Crippen molar-refractivity contribution in [3.63, 3.8) is 0 Å². The molecule has 0 aliphatic heterocycles. The summed E-state index contributed by atoms with van der Waals surface area (Å²) < 4.78 is 5.06. The van der Waals surface area contributed by atoms with Crippen LogP contribution in [-0.4, -0.2) is 23.2 Å². The molecule has 4 heteroatoms. The number of nitrogens with zero attached hydrogens (tertiary/aromatic N) is 1. The zero-order chi connectivity index (χ0) is 13.7.